The summed E-state index contributed by atoms with van der Waals surface area (Å²) in [7, 11) is 2.94. The number of carbonyl (C=O) groups is 2. The fourth-order valence-corrected chi connectivity index (χ4v) is 4.45. The SMILES string of the molecule is CCN(CC)CCNC(=O)C1C/C(=C\c2ccc(OC)c(O)c2)C(=O)/C(=C/c2ccc(OC)c(O)c2)C1. The van der Waals surface area contributed by atoms with Gasteiger partial charge in [0.25, 0.3) is 0 Å². The number of phenolic OH excluding ortho intramolecular Hbond substituents is 2. The van der Waals surface area contributed by atoms with Gasteiger partial charge < -0.3 is 29.9 Å². The lowest BCUT2D eigenvalue weighted by Crippen LogP contribution is -2.39. The highest BCUT2D eigenvalue weighted by Gasteiger charge is 2.32. The summed E-state index contributed by atoms with van der Waals surface area (Å²) >= 11 is 0. The quantitative estimate of drug-likeness (QED) is 0.416. The Morgan fingerprint density at radius 3 is 1.84 bits per heavy atom. The second kappa shape index (κ2) is 13.0. The largest absolute Gasteiger partial charge is 0.504 e. The molecule has 0 radical (unpaired) electrons. The second-order valence-electron chi connectivity index (χ2n) is 8.95. The molecule has 1 fully saturated rings. The molecule has 0 spiro atoms. The van der Waals surface area contributed by atoms with Crippen LogP contribution in [0, 0.1) is 5.92 Å². The number of ether oxygens (including phenoxy) is 2. The Bertz CT molecular complexity index is 1110. The third kappa shape index (κ3) is 7.13. The van der Waals surface area contributed by atoms with Crippen LogP contribution in [0.5, 0.6) is 23.0 Å². The minimum atomic E-state index is -0.425. The van der Waals surface area contributed by atoms with Gasteiger partial charge >= 0.3 is 0 Å². The summed E-state index contributed by atoms with van der Waals surface area (Å²) in [6, 6.07) is 9.80. The van der Waals surface area contributed by atoms with Gasteiger partial charge in [0.2, 0.25) is 5.91 Å². The van der Waals surface area contributed by atoms with Gasteiger partial charge in [-0.1, -0.05) is 26.0 Å². The maximum Gasteiger partial charge on any atom is 0.223 e. The number of amides is 1. The number of hydrogen-bond acceptors (Lipinski definition) is 7. The number of methoxy groups -OCH3 is 2. The van der Waals surface area contributed by atoms with E-state index in [9.17, 15) is 19.8 Å². The van der Waals surface area contributed by atoms with Gasteiger partial charge in [0.1, 0.15) is 0 Å². The van der Waals surface area contributed by atoms with Crippen LogP contribution in [0.25, 0.3) is 12.2 Å². The molecule has 0 aliphatic heterocycles. The fourth-order valence-electron chi connectivity index (χ4n) is 4.45. The zero-order valence-corrected chi connectivity index (χ0v) is 21.9. The van der Waals surface area contributed by atoms with Crippen LogP contribution in [0.4, 0.5) is 0 Å². The van der Waals surface area contributed by atoms with E-state index >= 15 is 0 Å². The molecule has 2 aromatic rings. The van der Waals surface area contributed by atoms with Gasteiger partial charge in [-0.15, -0.1) is 0 Å². The first-order valence-corrected chi connectivity index (χ1v) is 12.5. The molecular weight excluding hydrogens is 472 g/mol. The number of likely N-dealkylation sites (N-methyl/N-ethyl adjacent to an activating group) is 1. The Kier molecular flexibility index (Phi) is 9.74. The van der Waals surface area contributed by atoms with E-state index in [-0.39, 0.29) is 36.0 Å². The van der Waals surface area contributed by atoms with Gasteiger partial charge in [0.05, 0.1) is 14.2 Å². The van der Waals surface area contributed by atoms with Gasteiger partial charge in [-0.3, -0.25) is 9.59 Å². The number of Topliss-reactive ketones (excluding diaryl/α,β-unsaturated/α-hetero) is 1. The Balaban J connectivity index is 1.91. The number of rotatable bonds is 10. The van der Waals surface area contributed by atoms with E-state index in [0.717, 1.165) is 19.6 Å². The molecule has 2 aromatic carbocycles. The van der Waals surface area contributed by atoms with E-state index in [1.165, 1.54) is 26.4 Å². The van der Waals surface area contributed by atoms with Crippen molar-refractivity contribution in [3.05, 3.63) is 58.7 Å². The molecule has 3 rings (SSSR count). The van der Waals surface area contributed by atoms with Crippen molar-refractivity contribution in [3.63, 3.8) is 0 Å². The van der Waals surface area contributed by atoms with Crippen LogP contribution in [0.1, 0.15) is 37.8 Å². The third-order valence-corrected chi connectivity index (χ3v) is 6.60. The summed E-state index contributed by atoms with van der Waals surface area (Å²) in [6.07, 6.45) is 3.98. The fraction of sp³-hybridized carbons (Fsp3) is 0.379. The summed E-state index contributed by atoms with van der Waals surface area (Å²) in [5, 5.41) is 23.4. The van der Waals surface area contributed by atoms with Gasteiger partial charge in [0.15, 0.2) is 28.8 Å². The normalized spacial score (nSPS) is 17.9. The zero-order valence-electron chi connectivity index (χ0n) is 21.9. The van der Waals surface area contributed by atoms with Gasteiger partial charge in [-0.2, -0.15) is 0 Å². The van der Waals surface area contributed by atoms with Crippen LogP contribution in [0.2, 0.25) is 0 Å². The Labute approximate surface area is 218 Å². The smallest absolute Gasteiger partial charge is 0.223 e. The molecule has 0 bridgehead atoms. The molecule has 8 nitrogen and oxygen atoms in total. The van der Waals surface area contributed by atoms with Crippen molar-refractivity contribution in [2.24, 2.45) is 5.92 Å². The molecule has 3 N–H and O–H groups in total. The monoisotopic (exact) mass is 508 g/mol. The lowest BCUT2D eigenvalue weighted by Gasteiger charge is -2.26. The second-order valence-corrected chi connectivity index (χ2v) is 8.95. The lowest BCUT2D eigenvalue weighted by molar-refractivity contribution is -0.125. The molecule has 198 valence electrons. The standard InChI is InChI=1S/C29H36N2O6/c1-5-31(6-2)12-11-30-29(35)23-17-21(13-19-7-9-26(36-3)24(32)15-19)28(34)22(18-23)14-20-8-10-27(37-4)25(33)16-20/h7-10,13-16,23,32-33H,5-6,11-12,17-18H2,1-4H3,(H,30,35)/b21-13+,22-14+. The van der Waals surface area contributed by atoms with Crippen LogP contribution in [0.15, 0.2) is 47.5 Å². The zero-order chi connectivity index (χ0) is 26.9. The number of allylic oxidation sites excluding steroid dienone is 2. The minimum absolute atomic E-state index is 0.0322. The van der Waals surface area contributed by atoms with Crippen LogP contribution in [-0.4, -0.2) is 67.2 Å². The van der Waals surface area contributed by atoms with Crippen molar-refractivity contribution in [1.82, 2.24) is 10.2 Å². The average Bonchev–Trinajstić information content (AvgIpc) is 2.89. The van der Waals surface area contributed by atoms with E-state index in [1.807, 2.05) is 0 Å². The Hall–Kier alpha value is -3.78. The first-order chi connectivity index (χ1) is 17.8. The molecule has 1 aliphatic rings. The van der Waals surface area contributed by atoms with E-state index in [1.54, 1.807) is 36.4 Å². The lowest BCUT2D eigenvalue weighted by atomic mass is 9.79. The van der Waals surface area contributed by atoms with Gasteiger partial charge in [-0.25, -0.2) is 0 Å². The van der Waals surface area contributed by atoms with E-state index in [2.05, 4.69) is 24.1 Å². The number of ketones is 1. The summed E-state index contributed by atoms with van der Waals surface area (Å²) in [5.41, 5.74) is 2.21. The number of carbonyl (C=O) groups excluding carboxylic acids is 2. The van der Waals surface area contributed by atoms with Crippen molar-refractivity contribution >= 4 is 23.8 Å². The summed E-state index contributed by atoms with van der Waals surface area (Å²) < 4.78 is 10.2. The average molecular weight is 509 g/mol. The van der Waals surface area contributed by atoms with E-state index in [0.29, 0.717) is 40.3 Å². The van der Waals surface area contributed by atoms with Gasteiger partial charge in [0, 0.05) is 30.2 Å². The highest BCUT2D eigenvalue weighted by atomic mass is 16.5. The molecule has 0 saturated heterocycles. The molecular formula is C29H36N2O6. The van der Waals surface area contributed by atoms with Crippen LogP contribution >= 0.6 is 0 Å². The number of hydrogen-bond donors (Lipinski definition) is 3. The number of phenols is 2. The number of nitrogens with zero attached hydrogens (tertiary/aromatic N) is 1. The van der Waals surface area contributed by atoms with Crippen molar-refractivity contribution in [1.29, 1.82) is 0 Å². The molecule has 0 aromatic heterocycles. The van der Waals surface area contributed by atoms with E-state index < -0.39 is 5.92 Å². The van der Waals surface area contributed by atoms with Crippen LogP contribution in [0.3, 0.4) is 0 Å². The highest BCUT2D eigenvalue weighted by Crippen LogP contribution is 2.35. The first kappa shape index (κ1) is 27.8. The maximum atomic E-state index is 13.5. The summed E-state index contributed by atoms with van der Waals surface area (Å²) in [6.45, 7) is 7.27. The Morgan fingerprint density at radius 1 is 0.946 bits per heavy atom. The molecule has 0 unspecified atom stereocenters. The maximum absolute atomic E-state index is 13.5. The van der Waals surface area contributed by atoms with Crippen molar-refractivity contribution in [2.45, 2.75) is 26.7 Å². The van der Waals surface area contributed by atoms with Crippen LogP contribution < -0.4 is 14.8 Å². The van der Waals surface area contributed by atoms with Crippen LogP contribution in [-0.2, 0) is 9.59 Å². The van der Waals surface area contributed by atoms with Gasteiger partial charge in [-0.05, 0) is 73.5 Å². The molecule has 1 amide bonds. The number of benzene rings is 2. The first-order valence-electron chi connectivity index (χ1n) is 12.5. The minimum Gasteiger partial charge on any atom is -0.504 e. The summed E-state index contributed by atoms with van der Waals surface area (Å²) in [5.74, 6) is -0.0921. The topological polar surface area (TPSA) is 108 Å². The predicted octanol–water partition coefficient (Wildman–Crippen LogP) is 4.02. The predicted molar refractivity (Wildman–Crippen MR) is 144 cm³/mol. The number of aromatic hydroxyl groups is 2. The third-order valence-electron chi connectivity index (χ3n) is 6.60. The number of nitrogens with one attached hydrogen (secondary N) is 1. The van der Waals surface area contributed by atoms with Crippen molar-refractivity contribution < 1.29 is 29.3 Å². The van der Waals surface area contributed by atoms with E-state index in [4.69, 9.17) is 9.47 Å². The molecule has 0 atom stereocenters. The van der Waals surface area contributed by atoms with Crippen molar-refractivity contribution in [3.8, 4) is 23.0 Å². The molecule has 8 heteroatoms. The summed E-state index contributed by atoms with van der Waals surface area (Å²) in [4.78, 5) is 28.8. The molecule has 1 saturated carbocycles. The molecule has 37 heavy (non-hydrogen) atoms. The molecule has 0 heterocycles. The molecule has 1 aliphatic carbocycles. The highest BCUT2D eigenvalue weighted by molar-refractivity contribution is 6.15. The Morgan fingerprint density at radius 2 is 1.43 bits per heavy atom. The van der Waals surface area contributed by atoms with Crippen molar-refractivity contribution in [2.75, 3.05) is 40.4 Å².